The van der Waals surface area contributed by atoms with Crippen molar-refractivity contribution in [3.05, 3.63) is 0 Å². The molecule has 0 rings (SSSR count). The summed E-state index contributed by atoms with van der Waals surface area (Å²) >= 11 is 0. The molecule has 0 spiro atoms. The molecule has 0 fully saturated rings. The van der Waals surface area contributed by atoms with E-state index in [1.807, 2.05) is 0 Å². The average molecular weight is 200 g/mol. The normalized spacial score (nSPS) is 12.7. The summed E-state index contributed by atoms with van der Waals surface area (Å²) in [6.45, 7) is 4.53. The molecular formula is C12H24O2. The van der Waals surface area contributed by atoms with Crippen LogP contribution in [0.5, 0.6) is 0 Å². The van der Waals surface area contributed by atoms with Gasteiger partial charge < -0.3 is 5.11 Å². The lowest BCUT2D eigenvalue weighted by atomic mass is 10.00. The van der Waals surface area contributed by atoms with E-state index < -0.39 is 5.97 Å². The van der Waals surface area contributed by atoms with E-state index in [-0.39, 0.29) is 0 Å². The van der Waals surface area contributed by atoms with Crippen LogP contribution in [-0.4, -0.2) is 11.1 Å². The van der Waals surface area contributed by atoms with Gasteiger partial charge in [0.25, 0.3) is 0 Å². The first kappa shape index (κ1) is 13.5. The largest absolute Gasteiger partial charge is 0.481 e. The molecule has 0 saturated carbocycles. The molecule has 0 aliphatic heterocycles. The summed E-state index contributed by atoms with van der Waals surface area (Å²) in [5.74, 6) is 0.193. The van der Waals surface area contributed by atoms with Gasteiger partial charge in [0.15, 0.2) is 0 Å². The fourth-order valence-corrected chi connectivity index (χ4v) is 1.50. The van der Waals surface area contributed by atoms with E-state index in [4.69, 9.17) is 5.11 Å². The van der Waals surface area contributed by atoms with Crippen molar-refractivity contribution in [3.8, 4) is 0 Å². The van der Waals surface area contributed by atoms with Crippen molar-refractivity contribution >= 4 is 5.97 Å². The van der Waals surface area contributed by atoms with Crippen molar-refractivity contribution in [2.75, 3.05) is 0 Å². The van der Waals surface area contributed by atoms with Gasteiger partial charge in [-0.25, -0.2) is 0 Å². The second-order valence-electron chi connectivity index (χ2n) is 4.21. The second kappa shape index (κ2) is 9.04. The van der Waals surface area contributed by atoms with E-state index in [0.717, 1.165) is 18.8 Å². The summed E-state index contributed by atoms with van der Waals surface area (Å²) in [6.07, 6.45) is 8.64. The number of carboxylic acid groups (broad SMARTS) is 1. The molecule has 1 atom stereocenters. The van der Waals surface area contributed by atoms with Gasteiger partial charge in [-0.15, -0.1) is 0 Å². The standard InChI is InChI=1S/C12H24O2/c1-3-11(2)9-7-5-4-6-8-10-12(13)14/h11H,3-10H2,1-2H3,(H,13,14). The van der Waals surface area contributed by atoms with Crippen LogP contribution in [0.1, 0.15) is 65.2 Å². The minimum atomic E-state index is -0.662. The maximum Gasteiger partial charge on any atom is 0.303 e. The monoisotopic (exact) mass is 200 g/mol. The molecule has 0 saturated heterocycles. The molecule has 0 aromatic rings. The van der Waals surface area contributed by atoms with Crippen LogP contribution >= 0.6 is 0 Å². The maximum atomic E-state index is 10.2. The highest BCUT2D eigenvalue weighted by Crippen LogP contribution is 2.13. The van der Waals surface area contributed by atoms with E-state index in [1.54, 1.807) is 0 Å². The number of carboxylic acids is 1. The molecule has 14 heavy (non-hydrogen) atoms. The average Bonchev–Trinajstić information content (AvgIpc) is 2.15. The van der Waals surface area contributed by atoms with E-state index >= 15 is 0 Å². The Labute approximate surface area is 87.7 Å². The predicted octanol–water partition coefficient (Wildman–Crippen LogP) is 3.85. The van der Waals surface area contributed by atoms with Crippen LogP contribution in [0, 0.1) is 5.92 Å². The van der Waals surface area contributed by atoms with E-state index in [2.05, 4.69) is 13.8 Å². The Morgan fingerprint density at radius 1 is 1.14 bits per heavy atom. The number of hydrogen-bond donors (Lipinski definition) is 1. The molecule has 2 heteroatoms. The molecule has 0 aliphatic rings. The minimum absolute atomic E-state index is 0.339. The summed E-state index contributed by atoms with van der Waals surface area (Å²) in [4.78, 5) is 10.2. The SMILES string of the molecule is CCC(C)CCCCCCCC(=O)O. The first-order valence-electron chi connectivity index (χ1n) is 5.88. The van der Waals surface area contributed by atoms with E-state index in [1.165, 1.54) is 32.1 Å². The van der Waals surface area contributed by atoms with Crippen LogP contribution < -0.4 is 0 Å². The summed E-state index contributed by atoms with van der Waals surface area (Å²) in [5.41, 5.74) is 0. The lowest BCUT2D eigenvalue weighted by molar-refractivity contribution is -0.137. The zero-order chi connectivity index (χ0) is 10.8. The van der Waals surface area contributed by atoms with Crippen LogP contribution in [0.4, 0.5) is 0 Å². The van der Waals surface area contributed by atoms with Gasteiger partial charge in [0, 0.05) is 6.42 Å². The quantitative estimate of drug-likeness (QED) is 0.574. The Kier molecular flexibility index (Phi) is 8.70. The molecule has 0 aromatic carbocycles. The van der Waals surface area contributed by atoms with Crippen molar-refractivity contribution in [1.29, 1.82) is 0 Å². The smallest absolute Gasteiger partial charge is 0.303 e. The molecule has 0 aliphatic carbocycles. The third-order valence-corrected chi connectivity index (χ3v) is 2.78. The maximum absolute atomic E-state index is 10.2. The molecule has 0 amide bonds. The van der Waals surface area contributed by atoms with Gasteiger partial charge in [-0.05, 0) is 12.3 Å². The van der Waals surface area contributed by atoms with Crippen molar-refractivity contribution in [1.82, 2.24) is 0 Å². The van der Waals surface area contributed by atoms with Crippen molar-refractivity contribution in [2.24, 2.45) is 5.92 Å². The van der Waals surface area contributed by atoms with Gasteiger partial charge >= 0.3 is 5.97 Å². The molecule has 0 heterocycles. The lowest BCUT2D eigenvalue weighted by Gasteiger charge is -2.06. The van der Waals surface area contributed by atoms with Gasteiger partial charge in [0.2, 0.25) is 0 Å². The Bertz CT molecular complexity index is 143. The zero-order valence-corrected chi connectivity index (χ0v) is 9.59. The van der Waals surface area contributed by atoms with Crippen LogP contribution in [0.2, 0.25) is 0 Å². The summed E-state index contributed by atoms with van der Waals surface area (Å²) in [5, 5.41) is 8.42. The van der Waals surface area contributed by atoms with Crippen molar-refractivity contribution in [3.63, 3.8) is 0 Å². The minimum Gasteiger partial charge on any atom is -0.481 e. The van der Waals surface area contributed by atoms with Crippen LogP contribution in [-0.2, 0) is 4.79 Å². The topological polar surface area (TPSA) is 37.3 Å². The van der Waals surface area contributed by atoms with Crippen LogP contribution in [0.3, 0.4) is 0 Å². The number of hydrogen-bond acceptors (Lipinski definition) is 1. The second-order valence-corrected chi connectivity index (χ2v) is 4.21. The fourth-order valence-electron chi connectivity index (χ4n) is 1.50. The first-order valence-corrected chi connectivity index (χ1v) is 5.88. The third-order valence-electron chi connectivity index (χ3n) is 2.78. The van der Waals surface area contributed by atoms with Gasteiger partial charge in [-0.3, -0.25) is 4.79 Å². The van der Waals surface area contributed by atoms with Crippen LogP contribution in [0.25, 0.3) is 0 Å². The van der Waals surface area contributed by atoms with Gasteiger partial charge in [0.05, 0.1) is 0 Å². The summed E-state index contributed by atoms with van der Waals surface area (Å²) in [7, 11) is 0. The highest BCUT2D eigenvalue weighted by molar-refractivity contribution is 5.66. The highest BCUT2D eigenvalue weighted by Gasteiger charge is 1.99. The highest BCUT2D eigenvalue weighted by atomic mass is 16.4. The summed E-state index contributed by atoms with van der Waals surface area (Å²) in [6, 6.07) is 0. The Morgan fingerprint density at radius 3 is 2.29 bits per heavy atom. The molecule has 0 radical (unpaired) electrons. The number of unbranched alkanes of at least 4 members (excludes halogenated alkanes) is 4. The summed E-state index contributed by atoms with van der Waals surface area (Å²) < 4.78 is 0. The molecule has 1 N–H and O–H groups in total. The zero-order valence-electron chi connectivity index (χ0n) is 9.59. The molecule has 0 bridgehead atoms. The van der Waals surface area contributed by atoms with Gasteiger partial charge in [-0.1, -0.05) is 52.4 Å². The predicted molar refractivity (Wildman–Crippen MR) is 59.4 cm³/mol. The Balaban J connectivity index is 3.02. The lowest BCUT2D eigenvalue weighted by Crippen LogP contribution is -1.94. The first-order chi connectivity index (χ1) is 6.66. The molecular weight excluding hydrogens is 176 g/mol. The molecule has 0 aromatic heterocycles. The molecule has 84 valence electrons. The number of aliphatic carboxylic acids is 1. The van der Waals surface area contributed by atoms with Crippen LogP contribution in [0.15, 0.2) is 0 Å². The molecule has 2 nitrogen and oxygen atoms in total. The molecule has 1 unspecified atom stereocenters. The fraction of sp³-hybridized carbons (Fsp3) is 0.917. The Hall–Kier alpha value is -0.530. The van der Waals surface area contributed by atoms with E-state index in [9.17, 15) is 4.79 Å². The number of rotatable bonds is 9. The Morgan fingerprint density at radius 2 is 1.71 bits per heavy atom. The van der Waals surface area contributed by atoms with Crippen molar-refractivity contribution in [2.45, 2.75) is 65.2 Å². The van der Waals surface area contributed by atoms with Crippen molar-refractivity contribution < 1.29 is 9.90 Å². The van der Waals surface area contributed by atoms with Gasteiger partial charge in [0.1, 0.15) is 0 Å². The van der Waals surface area contributed by atoms with E-state index in [0.29, 0.717) is 6.42 Å². The number of carbonyl (C=O) groups is 1. The van der Waals surface area contributed by atoms with Gasteiger partial charge in [-0.2, -0.15) is 0 Å². The third kappa shape index (κ3) is 9.56.